The molecule has 0 aliphatic carbocycles. The molecule has 34 heavy (non-hydrogen) atoms. The van der Waals surface area contributed by atoms with Crippen LogP contribution in [0.4, 0.5) is 0 Å². The monoisotopic (exact) mass is 469 g/mol. The number of rotatable bonds is 9. The van der Waals surface area contributed by atoms with Gasteiger partial charge in [0.05, 0.1) is 31.9 Å². The van der Waals surface area contributed by atoms with Crippen LogP contribution in [0.2, 0.25) is 0 Å². The average Bonchev–Trinajstić information content (AvgIpc) is 3.28. The Hall–Kier alpha value is -3.33. The number of fused-ring (bicyclic) bond motifs is 1. The fraction of sp³-hybridized carbons (Fsp3) is 0.480. The first-order valence-electron chi connectivity index (χ1n) is 11.5. The van der Waals surface area contributed by atoms with Crippen molar-refractivity contribution in [3.05, 3.63) is 40.7 Å². The second-order valence-corrected chi connectivity index (χ2v) is 8.79. The Labute approximate surface area is 198 Å². The summed E-state index contributed by atoms with van der Waals surface area (Å²) in [5.74, 6) is 1.10. The molecule has 0 bridgehead atoms. The third kappa shape index (κ3) is 4.79. The van der Waals surface area contributed by atoms with Crippen LogP contribution in [-0.4, -0.2) is 60.3 Å². The summed E-state index contributed by atoms with van der Waals surface area (Å²) in [4.78, 5) is 16.7. The van der Waals surface area contributed by atoms with E-state index in [2.05, 4.69) is 15.2 Å². The molecule has 1 aromatic carbocycles. The number of carboxylic acids is 1. The lowest BCUT2D eigenvalue weighted by molar-refractivity contribution is 0.0498. The first-order chi connectivity index (χ1) is 16.4. The number of benzene rings is 1. The maximum atomic E-state index is 12.3. The molecule has 1 fully saturated rings. The molecule has 1 aliphatic heterocycles. The zero-order chi connectivity index (χ0) is 24.2. The normalized spacial score (nSPS) is 14.5. The van der Waals surface area contributed by atoms with Gasteiger partial charge >= 0.3 is 5.97 Å². The number of aromatic nitrogens is 3. The zero-order valence-electron chi connectivity index (χ0n) is 20.0. The van der Waals surface area contributed by atoms with E-state index in [4.69, 9.17) is 18.9 Å². The molecule has 2 aromatic heterocycles. The molecular formula is C25H31N3O6. The van der Waals surface area contributed by atoms with Gasteiger partial charge in [0, 0.05) is 31.3 Å². The van der Waals surface area contributed by atoms with E-state index in [1.807, 2.05) is 26.0 Å². The van der Waals surface area contributed by atoms with Gasteiger partial charge in [-0.2, -0.15) is 5.10 Å². The van der Waals surface area contributed by atoms with Crippen molar-refractivity contribution < 1.29 is 28.8 Å². The van der Waals surface area contributed by atoms with Crippen molar-refractivity contribution in [3.8, 4) is 17.2 Å². The fourth-order valence-corrected chi connectivity index (χ4v) is 4.30. The molecule has 182 valence electrons. The van der Waals surface area contributed by atoms with E-state index in [0.29, 0.717) is 54.2 Å². The molecule has 0 unspecified atom stereocenters. The zero-order valence-corrected chi connectivity index (χ0v) is 20.0. The highest BCUT2D eigenvalue weighted by Crippen LogP contribution is 2.38. The number of pyridine rings is 1. The number of hydrogen-bond donors (Lipinski definition) is 2. The highest BCUT2D eigenvalue weighted by atomic mass is 16.5. The van der Waals surface area contributed by atoms with Gasteiger partial charge in [-0.1, -0.05) is 19.9 Å². The predicted octanol–water partition coefficient (Wildman–Crippen LogP) is 4.19. The molecule has 0 atom stereocenters. The highest BCUT2D eigenvalue weighted by Gasteiger charge is 2.27. The largest absolute Gasteiger partial charge is 0.497 e. The summed E-state index contributed by atoms with van der Waals surface area (Å²) in [7, 11) is 3.16. The van der Waals surface area contributed by atoms with Crippen LogP contribution < -0.4 is 14.2 Å². The van der Waals surface area contributed by atoms with Gasteiger partial charge in [0.25, 0.3) is 0 Å². The standard InChI is InChI=1S/C25H31N3O6/c1-14(2)21-20-23(34-13-15-7-9-33-10-8-15)18(22(25(29)30)26-24(20)28-27-21)11-16-5-6-17(31-3)12-19(16)32-4/h5-6,12,14-15H,7-11,13H2,1-4H3,(H,29,30)(H,26,27,28). The van der Waals surface area contributed by atoms with E-state index in [-0.39, 0.29) is 18.0 Å². The van der Waals surface area contributed by atoms with Gasteiger partial charge < -0.3 is 24.1 Å². The number of carbonyl (C=O) groups is 1. The molecule has 0 radical (unpaired) electrons. The summed E-state index contributed by atoms with van der Waals surface area (Å²) in [6.45, 7) is 5.98. The fourth-order valence-electron chi connectivity index (χ4n) is 4.30. The number of hydrogen-bond acceptors (Lipinski definition) is 7. The van der Waals surface area contributed by atoms with E-state index in [1.54, 1.807) is 20.3 Å². The van der Waals surface area contributed by atoms with Crippen LogP contribution in [0.5, 0.6) is 17.2 Å². The molecule has 1 aliphatic rings. The summed E-state index contributed by atoms with van der Waals surface area (Å²) in [5.41, 5.74) is 2.43. The second kappa shape index (κ2) is 10.3. The molecule has 1 saturated heterocycles. The Bertz CT molecular complexity index is 1170. The van der Waals surface area contributed by atoms with Crippen molar-refractivity contribution in [2.75, 3.05) is 34.0 Å². The maximum absolute atomic E-state index is 12.3. The van der Waals surface area contributed by atoms with Crippen LogP contribution in [0.15, 0.2) is 18.2 Å². The molecule has 0 amide bonds. The molecule has 0 spiro atoms. The number of nitrogens with zero attached hydrogens (tertiary/aromatic N) is 2. The molecule has 4 rings (SSSR count). The van der Waals surface area contributed by atoms with Crippen molar-refractivity contribution in [1.82, 2.24) is 15.2 Å². The Kier molecular flexibility index (Phi) is 7.21. The van der Waals surface area contributed by atoms with E-state index < -0.39 is 5.97 Å². The quantitative estimate of drug-likeness (QED) is 0.479. The van der Waals surface area contributed by atoms with Gasteiger partial charge in [-0.3, -0.25) is 5.10 Å². The molecule has 3 aromatic rings. The van der Waals surface area contributed by atoms with Crippen molar-refractivity contribution in [2.45, 2.75) is 39.0 Å². The summed E-state index contributed by atoms with van der Waals surface area (Å²) in [5, 5.41) is 18.1. The van der Waals surface area contributed by atoms with Gasteiger partial charge in [-0.25, -0.2) is 9.78 Å². The van der Waals surface area contributed by atoms with Crippen LogP contribution in [0.1, 0.15) is 59.9 Å². The summed E-state index contributed by atoms with van der Waals surface area (Å²) in [6.07, 6.45) is 2.08. The Morgan fingerprint density at radius 2 is 2.00 bits per heavy atom. The van der Waals surface area contributed by atoms with Gasteiger partial charge in [0.2, 0.25) is 0 Å². The highest BCUT2D eigenvalue weighted by molar-refractivity contribution is 5.96. The lowest BCUT2D eigenvalue weighted by atomic mass is 9.97. The number of H-pyrrole nitrogens is 1. The van der Waals surface area contributed by atoms with Gasteiger partial charge in [0.1, 0.15) is 17.2 Å². The second-order valence-electron chi connectivity index (χ2n) is 8.79. The van der Waals surface area contributed by atoms with Crippen LogP contribution in [0.25, 0.3) is 11.0 Å². The van der Waals surface area contributed by atoms with E-state index in [9.17, 15) is 9.90 Å². The Morgan fingerprint density at radius 1 is 1.24 bits per heavy atom. The number of methoxy groups -OCH3 is 2. The van der Waals surface area contributed by atoms with Crippen LogP contribution in [0.3, 0.4) is 0 Å². The van der Waals surface area contributed by atoms with E-state index in [1.165, 1.54) is 0 Å². The summed E-state index contributed by atoms with van der Waals surface area (Å²) in [6, 6.07) is 5.47. The lowest BCUT2D eigenvalue weighted by Crippen LogP contribution is -2.22. The molecule has 3 heterocycles. The minimum Gasteiger partial charge on any atom is -0.497 e. The minimum absolute atomic E-state index is 0.0749. The first-order valence-corrected chi connectivity index (χ1v) is 11.5. The number of ether oxygens (including phenoxy) is 4. The van der Waals surface area contributed by atoms with Crippen molar-refractivity contribution in [2.24, 2.45) is 5.92 Å². The van der Waals surface area contributed by atoms with Crippen LogP contribution in [-0.2, 0) is 11.2 Å². The van der Waals surface area contributed by atoms with E-state index in [0.717, 1.165) is 29.5 Å². The molecule has 9 heteroatoms. The molecule has 0 saturated carbocycles. The summed E-state index contributed by atoms with van der Waals surface area (Å²) >= 11 is 0. The number of nitrogens with one attached hydrogen (secondary N) is 1. The summed E-state index contributed by atoms with van der Waals surface area (Å²) < 4.78 is 22.8. The van der Waals surface area contributed by atoms with E-state index >= 15 is 0 Å². The Balaban J connectivity index is 1.86. The molecule has 9 nitrogen and oxygen atoms in total. The number of aromatic amines is 1. The van der Waals surface area contributed by atoms with Gasteiger partial charge in [-0.05, 0) is 36.3 Å². The first kappa shape index (κ1) is 23.8. The number of aromatic carboxylic acids is 1. The minimum atomic E-state index is -1.13. The SMILES string of the molecule is COc1ccc(Cc2c(C(=O)O)nc3n[nH]c(C(C)C)c3c2OCC2CCOCC2)c(OC)c1. The van der Waals surface area contributed by atoms with Gasteiger partial charge in [0.15, 0.2) is 11.3 Å². The van der Waals surface area contributed by atoms with Crippen molar-refractivity contribution in [1.29, 1.82) is 0 Å². The predicted molar refractivity (Wildman–Crippen MR) is 126 cm³/mol. The lowest BCUT2D eigenvalue weighted by Gasteiger charge is -2.24. The average molecular weight is 470 g/mol. The van der Waals surface area contributed by atoms with Crippen LogP contribution >= 0.6 is 0 Å². The van der Waals surface area contributed by atoms with Crippen molar-refractivity contribution in [3.63, 3.8) is 0 Å². The van der Waals surface area contributed by atoms with Crippen LogP contribution in [0, 0.1) is 5.92 Å². The maximum Gasteiger partial charge on any atom is 0.355 e. The smallest absolute Gasteiger partial charge is 0.355 e. The topological polar surface area (TPSA) is 116 Å². The molecule has 2 N–H and O–H groups in total. The molecular weight excluding hydrogens is 438 g/mol. The Morgan fingerprint density at radius 3 is 2.65 bits per heavy atom. The third-order valence-electron chi connectivity index (χ3n) is 6.23. The number of carboxylic acid groups (broad SMARTS) is 1. The van der Waals surface area contributed by atoms with Gasteiger partial charge in [-0.15, -0.1) is 0 Å². The van der Waals surface area contributed by atoms with Crippen molar-refractivity contribution >= 4 is 17.0 Å². The third-order valence-corrected chi connectivity index (χ3v) is 6.23.